The minimum Gasteiger partial charge on any atom is -0.480 e. The molecule has 2 rings (SSSR count). The van der Waals surface area contributed by atoms with Crippen molar-refractivity contribution in [2.75, 3.05) is 0 Å². The lowest BCUT2D eigenvalue weighted by Gasteiger charge is -2.28. The standard InChI is InChI=1S/C15H18O9/c1-13(7-8-5-3-2-4-6-8)15(24-13,12(22)23)14(9(16)17,10(18)19)11(20)21/h2-3,8H,4-7H2,1H3,(H,16,17)(H,18,19)(H,20,21)(H,22,23). The Morgan fingerprint density at radius 2 is 1.62 bits per heavy atom. The summed E-state index contributed by atoms with van der Waals surface area (Å²) in [4.78, 5) is 46.4. The monoisotopic (exact) mass is 342 g/mol. The smallest absolute Gasteiger partial charge is 0.341 e. The molecule has 9 nitrogen and oxygen atoms in total. The van der Waals surface area contributed by atoms with Crippen LogP contribution < -0.4 is 0 Å². The van der Waals surface area contributed by atoms with E-state index in [-0.39, 0.29) is 12.3 Å². The molecule has 0 aromatic rings. The van der Waals surface area contributed by atoms with E-state index >= 15 is 0 Å². The molecule has 0 amide bonds. The molecular formula is C15H18O9. The first-order valence-electron chi connectivity index (χ1n) is 7.35. The Kier molecular flexibility index (Phi) is 4.17. The molecule has 0 radical (unpaired) electrons. The number of rotatable bonds is 7. The Morgan fingerprint density at radius 1 is 1.08 bits per heavy atom. The highest BCUT2D eigenvalue weighted by molar-refractivity contribution is 6.22. The maximum Gasteiger partial charge on any atom is 0.341 e. The molecule has 1 aliphatic heterocycles. The molecule has 0 bridgehead atoms. The van der Waals surface area contributed by atoms with Crippen molar-refractivity contribution in [3.8, 4) is 0 Å². The maximum atomic E-state index is 11.8. The number of epoxide rings is 1. The van der Waals surface area contributed by atoms with Gasteiger partial charge in [0, 0.05) is 0 Å². The van der Waals surface area contributed by atoms with Crippen molar-refractivity contribution in [3.05, 3.63) is 12.2 Å². The number of aliphatic carboxylic acids is 4. The molecule has 9 heteroatoms. The predicted octanol–water partition coefficient (Wildman–Crippen LogP) is 0.585. The molecule has 0 saturated carbocycles. The molecule has 3 unspecified atom stereocenters. The van der Waals surface area contributed by atoms with Crippen molar-refractivity contribution in [1.82, 2.24) is 0 Å². The third kappa shape index (κ3) is 2.11. The quantitative estimate of drug-likeness (QED) is 0.294. The minimum absolute atomic E-state index is 0.0460. The average Bonchev–Trinajstić information content (AvgIpc) is 3.06. The second-order valence-corrected chi connectivity index (χ2v) is 6.34. The fourth-order valence-corrected chi connectivity index (χ4v) is 3.72. The second kappa shape index (κ2) is 5.59. The van der Waals surface area contributed by atoms with Crippen LogP contribution in [0, 0.1) is 11.3 Å². The summed E-state index contributed by atoms with van der Waals surface area (Å²) in [5.74, 6) is -8.80. The predicted molar refractivity (Wildman–Crippen MR) is 76.3 cm³/mol. The Balaban J connectivity index is 2.50. The summed E-state index contributed by atoms with van der Waals surface area (Å²) in [7, 11) is 0. The van der Waals surface area contributed by atoms with Gasteiger partial charge in [-0.2, -0.15) is 0 Å². The first kappa shape index (κ1) is 17.9. The van der Waals surface area contributed by atoms with E-state index in [2.05, 4.69) is 0 Å². The van der Waals surface area contributed by atoms with Gasteiger partial charge in [0.25, 0.3) is 0 Å². The topological polar surface area (TPSA) is 162 Å². The molecule has 132 valence electrons. The number of hydrogen-bond donors (Lipinski definition) is 4. The molecule has 1 heterocycles. The van der Waals surface area contributed by atoms with Gasteiger partial charge in [0.15, 0.2) is 0 Å². The van der Waals surface area contributed by atoms with Gasteiger partial charge in [0.05, 0.1) is 0 Å². The minimum atomic E-state index is -3.63. The molecule has 1 fully saturated rings. The number of carboxylic acids is 4. The zero-order chi connectivity index (χ0) is 18.3. The first-order valence-corrected chi connectivity index (χ1v) is 7.35. The summed E-state index contributed by atoms with van der Waals surface area (Å²) in [6.45, 7) is 1.25. The van der Waals surface area contributed by atoms with Crippen LogP contribution in [-0.4, -0.2) is 55.5 Å². The van der Waals surface area contributed by atoms with E-state index < -0.39 is 40.5 Å². The summed E-state index contributed by atoms with van der Waals surface area (Å²) in [5, 5.41) is 37.5. The van der Waals surface area contributed by atoms with Crippen molar-refractivity contribution < 1.29 is 44.3 Å². The fraction of sp³-hybridized carbons (Fsp3) is 0.600. The molecule has 4 N–H and O–H groups in total. The normalized spacial score (nSPS) is 32.1. The first-order chi connectivity index (χ1) is 11.1. The lowest BCUT2D eigenvalue weighted by Crippen LogP contribution is -2.62. The van der Waals surface area contributed by atoms with Crippen molar-refractivity contribution in [2.45, 2.75) is 43.8 Å². The Morgan fingerprint density at radius 3 is 2.00 bits per heavy atom. The summed E-state index contributed by atoms with van der Waals surface area (Å²) in [6, 6.07) is 0. The number of hydrogen-bond acceptors (Lipinski definition) is 5. The summed E-state index contributed by atoms with van der Waals surface area (Å²) in [6.07, 6.45) is 5.95. The highest BCUT2D eigenvalue weighted by Gasteiger charge is 2.90. The van der Waals surface area contributed by atoms with Crippen LogP contribution in [0.3, 0.4) is 0 Å². The van der Waals surface area contributed by atoms with E-state index in [4.69, 9.17) is 4.74 Å². The molecule has 1 aliphatic carbocycles. The van der Waals surface area contributed by atoms with E-state index in [1.807, 2.05) is 12.2 Å². The highest BCUT2D eigenvalue weighted by Crippen LogP contribution is 2.62. The van der Waals surface area contributed by atoms with Gasteiger partial charge in [-0.25, -0.2) is 4.79 Å². The molecule has 24 heavy (non-hydrogen) atoms. The summed E-state index contributed by atoms with van der Waals surface area (Å²) < 4.78 is 5.14. The van der Waals surface area contributed by atoms with Crippen molar-refractivity contribution in [3.63, 3.8) is 0 Å². The number of ether oxygens (including phenoxy) is 1. The van der Waals surface area contributed by atoms with E-state index in [0.717, 1.165) is 6.42 Å². The molecule has 3 atom stereocenters. The molecule has 0 spiro atoms. The van der Waals surface area contributed by atoms with Crippen LogP contribution in [-0.2, 0) is 23.9 Å². The maximum absolute atomic E-state index is 11.8. The Hall–Kier alpha value is -2.42. The van der Waals surface area contributed by atoms with Gasteiger partial charge in [-0.15, -0.1) is 0 Å². The van der Waals surface area contributed by atoms with Crippen LogP contribution in [0.15, 0.2) is 12.2 Å². The summed E-state index contributed by atoms with van der Waals surface area (Å²) >= 11 is 0. The third-order valence-corrected chi connectivity index (χ3v) is 4.93. The van der Waals surface area contributed by atoms with Crippen molar-refractivity contribution in [1.29, 1.82) is 0 Å². The molecular weight excluding hydrogens is 324 g/mol. The van der Waals surface area contributed by atoms with Crippen LogP contribution in [0.2, 0.25) is 0 Å². The summed E-state index contributed by atoms with van der Waals surface area (Å²) in [5.41, 5.74) is -8.20. The fourth-order valence-electron chi connectivity index (χ4n) is 3.72. The zero-order valence-electron chi connectivity index (χ0n) is 12.9. The molecule has 1 saturated heterocycles. The Labute approximate surface area is 136 Å². The lowest BCUT2D eigenvalue weighted by molar-refractivity contribution is -0.187. The van der Waals surface area contributed by atoms with Gasteiger partial charge in [0.2, 0.25) is 5.60 Å². The van der Waals surface area contributed by atoms with E-state index in [1.165, 1.54) is 6.92 Å². The van der Waals surface area contributed by atoms with Crippen LogP contribution in [0.5, 0.6) is 0 Å². The van der Waals surface area contributed by atoms with Crippen LogP contribution in [0.1, 0.15) is 32.6 Å². The number of carboxylic acid groups (broad SMARTS) is 4. The van der Waals surface area contributed by atoms with Crippen LogP contribution in [0.25, 0.3) is 0 Å². The molecule has 0 aromatic heterocycles. The molecule has 0 aromatic carbocycles. The zero-order valence-corrected chi connectivity index (χ0v) is 12.9. The Bertz CT molecular complexity index is 601. The van der Waals surface area contributed by atoms with Crippen molar-refractivity contribution in [2.24, 2.45) is 11.3 Å². The van der Waals surface area contributed by atoms with Gasteiger partial charge in [-0.3, -0.25) is 14.4 Å². The SMILES string of the molecule is CC1(CC2CC=CCC2)OC1(C(=O)O)C(C(=O)O)(C(=O)O)C(=O)O. The van der Waals surface area contributed by atoms with Crippen LogP contribution in [0.4, 0.5) is 0 Å². The number of carbonyl (C=O) groups is 4. The van der Waals surface area contributed by atoms with Crippen LogP contribution >= 0.6 is 0 Å². The van der Waals surface area contributed by atoms with Gasteiger partial charge in [-0.1, -0.05) is 12.2 Å². The highest BCUT2D eigenvalue weighted by atomic mass is 16.7. The van der Waals surface area contributed by atoms with Gasteiger partial charge in [0.1, 0.15) is 5.60 Å². The lowest BCUT2D eigenvalue weighted by atomic mass is 9.66. The van der Waals surface area contributed by atoms with E-state index in [9.17, 15) is 39.6 Å². The van der Waals surface area contributed by atoms with Gasteiger partial charge < -0.3 is 25.2 Å². The number of allylic oxidation sites excluding steroid dienone is 2. The average molecular weight is 342 g/mol. The van der Waals surface area contributed by atoms with E-state index in [1.54, 1.807) is 0 Å². The van der Waals surface area contributed by atoms with E-state index in [0.29, 0.717) is 12.8 Å². The third-order valence-electron chi connectivity index (χ3n) is 4.93. The van der Waals surface area contributed by atoms with Gasteiger partial charge in [-0.05, 0) is 38.5 Å². The second-order valence-electron chi connectivity index (χ2n) is 6.34. The largest absolute Gasteiger partial charge is 0.480 e. The van der Waals surface area contributed by atoms with Crippen molar-refractivity contribution >= 4 is 23.9 Å². The van der Waals surface area contributed by atoms with Gasteiger partial charge >= 0.3 is 29.3 Å². The molecule has 2 aliphatic rings.